The lowest BCUT2D eigenvalue weighted by atomic mass is 10.2. The summed E-state index contributed by atoms with van der Waals surface area (Å²) >= 11 is 6.71. The quantitative estimate of drug-likeness (QED) is 0.710. The molecule has 0 saturated heterocycles. The second-order valence-corrected chi connectivity index (χ2v) is 3.62. The maximum absolute atomic E-state index is 4.06. The summed E-state index contributed by atoms with van der Waals surface area (Å²) in [6.07, 6.45) is 2.84. The minimum absolute atomic E-state index is 0.896. The first kappa shape index (κ1) is 8.21. The second kappa shape index (κ2) is 3.49. The molecule has 1 heterocycles. The molecular formula is C7H7Br2N. The monoisotopic (exact) mass is 263 g/mol. The first-order chi connectivity index (χ1) is 4.74. The standard InChI is InChI=1S/C7H7Br2N/c1-2-5-3-7(9)10-4-6(5)8/h3-4H,2H2,1H3. The van der Waals surface area contributed by atoms with E-state index in [0.29, 0.717) is 0 Å². The summed E-state index contributed by atoms with van der Waals surface area (Å²) in [4.78, 5) is 4.06. The molecule has 10 heavy (non-hydrogen) atoms. The zero-order chi connectivity index (χ0) is 7.56. The van der Waals surface area contributed by atoms with Gasteiger partial charge in [0, 0.05) is 10.7 Å². The van der Waals surface area contributed by atoms with Crippen molar-refractivity contribution in [1.29, 1.82) is 0 Å². The summed E-state index contributed by atoms with van der Waals surface area (Å²) in [5.74, 6) is 0. The molecule has 0 aliphatic rings. The summed E-state index contributed by atoms with van der Waals surface area (Å²) in [6.45, 7) is 2.12. The predicted octanol–water partition coefficient (Wildman–Crippen LogP) is 3.17. The van der Waals surface area contributed by atoms with Gasteiger partial charge in [0.05, 0.1) is 0 Å². The van der Waals surface area contributed by atoms with Crippen molar-refractivity contribution in [3.05, 3.63) is 26.9 Å². The summed E-state index contributed by atoms with van der Waals surface area (Å²) in [7, 11) is 0. The van der Waals surface area contributed by atoms with Gasteiger partial charge in [0.25, 0.3) is 0 Å². The first-order valence-corrected chi connectivity index (χ1v) is 4.62. The SMILES string of the molecule is CCc1cc(Br)ncc1Br. The maximum Gasteiger partial charge on any atom is 0.106 e. The van der Waals surface area contributed by atoms with Crippen LogP contribution in [0, 0.1) is 0 Å². The fourth-order valence-electron chi connectivity index (χ4n) is 0.722. The third kappa shape index (κ3) is 1.80. The molecule has 0 N–H and O–H groups in total. The highest BCUT2D eigenvalue weighted by Gasteiger charge is 1.97. The average molecular weight is 265 g/mol. The first-order valence-electron chi connectivity index (χ1n) is 3.04. The van der Waals surface area contributed by atoms with E-state index < -0.39 is 0 Å². The third-order valence-corrected chi connectivity index (χ3v) is 2.43. The van der Waals surface area contributed by atoms with Gasteiger partial charge in [0.15, 0.2) is 0 Å². The molecule has 1 aromatic heterocycles. The molecule has 0 atom stereocenters. The highest BCUT2D eigenvalue weighted by Crippen LogP contribution is 2.18. The highest BCUT2D eigenvalue weighted by atomic mass is 79.9. The van der Waals surface area contributed by atoms with Crippen molar-refractivity contribution in [1.82, 2.24) is 4.98 Å². The number of aromatic nitrogens is 1. The van der Waals surface area contributed by atoms with E-state index in [2.05, 4.69) is 43.8 Å². The van der Waals surface area contributed by atoms with Gasteiger partial charge in [-0.05, 0) is 49.9 Å². The number of rotatable bonds is 1. The Labute approximate surface area is 77.1 Å². The molecule has 1 rings (SSSR count). The van der Waals surface area contributed by atoms with Crippen molar-refractivity contribution >= 4 is 31.9 Å². The van der Waals surface area contributed by atoms with E-state index in [0.717, 1.165) is 15.5 Å². The van der Waals surface area contributed by atoms with Crippen LogP contribution in [0.1, 0.15) is 12.5 Å². The normalized spacial score (nSPS) is 9.90. The molecule has 0 aliphatic carbocycles. The Bertz CT molecular complexity index is 235. The lowest BCUT2D eigenvalue weighted by Crippen LogP contribution is -1.84. The van der Waals surface area contributed by atoms with E-state index in [1.807, 2.05) is 12.3 Å². The molecule has 0 spiro atoms. The maximum atomic E-state index is 4.06. The van der Waals surface area contributed by atoms with Gasteiger partial charge in [0.2, 0.25) is 0 Å². The zero-order valence-corrected chi connectivity index (χ0v) is 8.74. The number of aryl methyl sites for hydroxylation is 1. The number of pyridine rings is 1. The summed E-state index contributed by atoms with van der Waals surface area (Å²) in [5.41, 5.74) is 1.28. The Morgan fingerprint density at radius 2 is 2.20 bits per heavy atom. The van der Waals surface area contributed by atoms with Crippen LogP contribution >= 0.6 is 31.9 Å². The zero-order valence-electron chi connectivity index (χ0n) is 5.56. The predicted molar refractivity (Wildman–Crippen MR) is 49.0 cm³/mol. The van der Waals surface area contributed by atoms with Gasteiger partial charge in [-0.2, -0.15) is 0 Å². The van der Waals surface area contributed by atoms with E-state index in [1.165, 1.54) is 5.56 Å². The van der Waals surface area contributed by atoms with Crippen LogP contribution in [0.5, 0.6) is 0 Å². The Morgan fingerprint density at radius 1 is 1.50 bits per heavy atom. The topological polar surface area (TPSA) is 12.9 Å². The van der Waals surface area contributed by atoms with Gasteiger partial charge < -0.3 is 0 Å². The summed E-state index contributed by atoms with van der Waals surface area (Å²) in [5, 5.41) is 0. The van der Waals surface area contributed by atoms with E-state index in [-0.39, 0.29) is 0 Å². The fourth-order valence-corrected chi connectivity index (χ4v) is 1.60. The molecule has 0 unspecified atom stereocenters. The van der Waals surface area contributed by atoms with Gasteiger partial charge in [-0.1, -0.05) is 6.92 Å². The lowest BCUT2D eigenvalue weighted by molar-refractivity contribution is 1.09. The van der Waals surface area contributed by atoms with Gasteiger partial charge in [-0.3, -0.25) is 0 Å². The average Bonchev–Trinajstić information content (AvgIpc) is 1.94. The minimum atomic E-state index is 0.896. The van der Waals surface area contributed by atoms with Crippen molar-refractivity contribution in [3.8, 4) is 0 Å². The minimum Gasteiger partial charge on any atom is -0.248 e. The van der Waals surface area contributed by atoms with E-state index in [9.17, 15) is 0 Å². The molecule has 0 radical (unpaired) electrons. The number of halogens is 2. The molecule has 1 aromatic rings. The number of hydrogen-bond donors (Lipinski definition) is 0. The molecule has 0 aliphatic heterocycles. The van der Waals surface area contributed by atoms with E-state index in [1.54, 1.807) is 0 Å². The van der Waals surface area contributed by atoms with Crippen LogP contribution in [0.3, 0.4) is 0 Å². The van der Waals surface area contributed by atoms with Gasteiger partial charge in [0.1, 0.15) is 4.60 Å². The smallest absolute Gasteiger partial charge is 0.106 e. The van der Waals surface area contributed by atoms with Crippen LogP contribution in [0.15, 0.2) is 21.3 Å². The van der Waals surface area contributed by atoms with Crippen LogP contribution in [0.2, 0.25) is 0 Å². The molecule has 0 saturated carbocycles. The lowest BCUT2D eigenvalue weighted by Gasteiger charge is -1.98. The van der Waals surface area contributed by atoms with Gasteiger partial charge in [-0.25, -0.2) is 4.98 Å². The van der Waals surface area contributed by atoms with Crippen molar-refractivity contribution in [3.63, 3.8) is 0 Å². The van der Waals surface area contributed by atoms with Crippen LogP contribution < -0.4 is 0 Å². The molecule has 1 nitrogen and oxygen atoms in total. The van der Waals surface area contributed by atoms with Crippen LogP contribution in [-0.2, 0) is 6.42 Å². The van der Waals surface area contributed by atoms with Crippen molar-refractivity contribution in [2.24, 2.45) is 0 Å². The second-order valence-electron chi connectivity index (χ2n) is 1.95. The third-order valence-electron chi connectivity index (χ3n) is 1.28. The Balaban J connectivity index is 3.09. The molecule has 0 amide bonds. The van der Waals surface area contributed by atoms with Crippen LogP contribution in [0.25, 0.3) is 0 Å². The Morgan fingerprint density at radius 3 is 2.70 bits per heavy atom. The molecule has 0 aromatic carbocycles. The Kier molecular flexibility index (Phi) is 2.86. The molecule has 54 valence electrons. The van der Waals surface area contributed by atoms with Crippen LogP contribution in [-0.4, -0.2) is 4.98 Å². The molecule has 0 fully saturated rings. The highest BCUT2D eigenvalue weighted by molar-refractivity contribution is 9.11. The van der Waals surface area contributed by atoms with Crippen molar-refractivity contribution < 1.29 is 0 Å². The summed E-state index contributed by atoms with van der Waals surface area (Å²) in [6, 6.07) is 2.02. The largest absolute Gasteiger partial charge is 0.248 e. The number of hydrogen-bond acceptors (Lipinski definition) is 1. The van der Waals surface area contributed by atoms with Crippen molar-refractivity contribution in [2.45, 2.75) is 13.3 Å². The molecule has 3 heteroatoms. The van der Waals surface area contributed by atoms with Gasteiger partial charge in [-0.15, -0.1) is 0 Å². The Hall–Kier alpha value is 0.110. The van der Waals surface area contributed by atoms with Crippen LogP contribution in [0.4, 0.5) is 0 Å². The van der Waals surface area contributed by atoms with E-state index >= 15 is 0 Å². The van der Waals surface area contributed by atoms with E-state index in [4.69, 9.17) is 0 Å². The molecular weight excluding hydrogens is 258 g/mol. The fraction of sp³-hybridized carbons (Fsp3) is 0.286. The van der Waals surface area contributed by atoms with Gasteiger partial charge >= 0.3 is 0 Å². The molecule has 0 bridgehead atoms. The van der Waals surface area contributed by atoms with Crippen molar-refractivity contribution in [2.75, 3.05) is 0 Å². The summed E-state index contributed by atoms with van der Waals surface area (Å²) < 4.78 is 1.98. The number of nitrogens with zero attached hydrogens (tertiary/aromatic N) is 1.